The zero-order valence-corrected chi connectivity index (χ0v) is 20.8. The molecule has 0 spiro atoms. The van der Waals surface area contributed by atoms with Crippen molar-refractivity contribution in [3.05, 3.63) is 92.8 Å². The molecule has 0 N–H and O–H groups in total. The molecule has 3 heterocycles. The fraction of sp³-hybridized carbons (Fsp3) is 0.276. The van der Waals surface area contributed by atoms with Crippen molar-refractivity contribution in [3.8, 4) is 11.1 Å². The van der Waals surface area contributed by atoms with Crippen molar-refractivity contribution in [1.82, 2.24) is 9.47 Å². The van der Waals surface area contributed by atoms with E-state index in [1.807, 2.05) is 12.1 Å². The minimum absolute atomic E-state index is 0.0721. The van der Waals surface area contributed by atoms with Crippen LogP contribution in [0.5, 0.6) is 0 Å². The summed E-state index contributed by atoms with van der Waals surface area (Å²) >= 11 is 12.7. The molecule has 0 bridgehead atoms. The van der Waals surface area contributed by atoms with E-state index in [1.165, 1.54) is 39.9 Å². The summed E-state index contributed by atoms with van der Waals surface area (Å²) in [7, 11) is 0. The summed E-state index contributed by atoms with van der Waals surface area (Å²) in [6, 6.07) is 16.1. The van der Waals surface area contributed by atoms with E-state index in [0.717, 1.165) is 56.6 Å². The largest absolute Gasteiger partial charge is 0.344 e. The molecule has 6 rings (SSSR count). The Morgan fingerprint density at radius 1 is 0.971 bits per heavy atom. The van der Waals surface area contributed by atoms with Gasteiger partial charge in [-0.1, -0.05) is 29.3 Å². The second kappa shape index (κ2) is 9.09. The van der Waals surface area contributed by atoms with Crippen LogP contribution < -0.4 is 0 Å². The van der Waals surface area contributed by atoms with Gasteiger partial charge in [-0.2, -0.15) is 0 Å². The Morgan fingerprint density at radius 2 is 1.80 bits per heavy atom. The number of aryl methyl sites for hydroxylation is 2. The van der Waals surface area contributed by atoms with Crippen molar-refractivity contribution >= 4 is 39.9 Å². The highest BCUT2D eigenvalue weighted by Gasteiger charge is 2.28. The molecule has 178 valence electrons. The number of Topliss-reactive ketones (excluding diaryl/α,β-unsaturated/α-hetero) is 1. The summed E-state index contributed by atoms with van der Waals surface area (Å²) in [5, 5.41) is 2.63. The van der Waals surface area contributed by atoms with Gasteiger partial charge in [-0.3, -0.25) is 9.69 Å². The molecule has 0 amide bonds. The molecule has 6 heteroatoms. The number of ketones is 1. The molecule has 2 aliphatic rings. The lowest BCUT2D eigenvalue weighted by molar-refractivity contribution is 0.0973. The zero-order valence-electron chi connectivity index (χ0n) is 19.3. The first-order valence-electron chi connectivity index (χ1n) is 12.1. The van der Waals surface area contributed by atoms with Crippen LogP contribution in [0, 0.1) is 5.82 Å². The maximum absolute atomic E-state index is 13.1. The molecule has 0 atom stereocenters. The normalized spacial score (nSPS) is 15.1. The molecule has 3 nitrogen and oxygen atoms in total. The molecular weight excluding hydrogens is 482 g/mol. The average Bonchev–Trinajstić information content (AvgIpc) is 3.41. The van der Waals surface area contributed by atoms with E-state index < -0.39 is 0 Å². The fourth-order valence-electron chi connectivity index (χ4n) is 5.71. The van der Waals surface area contributed by atoms with E-state index in [1.54, 1.807) is 18.2 Å². The molecule has 35 heavy (non-hydrogen) atoms. The van der Waals surface area contributed by atoms with Crippen LogP contribution in [0.15, 0.2) is 54.6 Å². The van der Waals surface area contributed by atoms with E-state index in [-0.39, 0.29) is 11.6 Å². The highest BCUT2D eigenvalue weighted by molar-refractivity contribution is 6.36. The Kier molecular flexibility index (Phi) is 5.92. The number of halogens is 3. The Labute approximate surface area is 214 Å². The summed E-state index contributed by atoms with van der Waals surface area (Å²) in [4.78, 5) is 14.9. The number of hydrogen-bond donors (Lipinski definition) is 0. The van der Waals surface area contributed by atoms with Gasteiger partial charge in [0, 0.05) is 64.7 Å². The summed E-state index contributed by atoms with van der Waals surface area (Å²) in [5.74, 6) is -0.245. The summed E-state index contributed by atoms with van der Waals surface area (Å²) in [5.41, 5.74) is 8.35. The van der Waals surface area contributed by atoms with Crippen molar-refractivity contribution in [2.24, 2.45) is 0 Å². The van der Waals surface area contributed by atoms with Gasteiger partial charge in [-0.25, -0.2) is 4.39 Å². The molecule has 0 saturated carbocycles. The molecule has 0 saturated heterocycles. The fourth-order valence-corrected chi connectivity index (χ4v) is 6.23. The van der Waals surface area contributed by atoms with Crippen molar-refractivity contribution in [1.29, 1.82) is 0 Å². The lowest BCUT2D eigenvalue weighted by atomic mass is 9.96. The SMILES string of the molecule is O=C(CCCN1CCc2c(c3cc(-c4ccc(Cl)cc4Cl)cc4c3n2CC4)C1)c1ccc(F)cc1. The van der Waals surface area contributed by atoms with Crippen molar-refractivity contribution < 1.29 is 9.18 Å². The van der Waals surface area contributed by atoms with Crippen LogP contribution in [0.4, 0.5) is 4.39 Å². The number of fused-ring (bicyclic) bond motifs is 3. The van der Waals surface area contributed by atoms with E-state index in [2.05, 4.69) is 21.6 Å². The summed E-state index contributed by atoms with van der Waals surface area (Å²) in [6.07, 6.45) is 3.33. The van der Waals surface area contributed by atoms with Gasteiger partial charge in [0.25, 0.3) is 0 Å². The highest BCUT2D eigenvalue weighted by atomic mass is 35.5. The van der Waals surface area contributed by atoms with Crippen molar-refractivity contribution in [2.75, 3.05) is 13.1 Å². The minimum Gasteiger partial charge on any atom is -0.344 e. The molecule has 0 fully saturated rings. The van der Waals surface area contributed by atoms with Gasteiger partial charge in [-0.05, 0) is 84.6 Å². The Hall–Kier alpha value is -2.66. The third-order valence-electron chi connectivity index (χ3n) is 7.40. The number of carbonyl (C=O) groups is 1. The zero-order chi connectivity index (χ0) is 24.1. The number of carbonyl (C=O) groups excluding carboxylic acids is 1. The smallest absolute Gasteiger partial charge is 0.162 e. The monoisotopic (exact) mass is 506 g/mol. The maximum Gasteiger partial charge on any atom is 0.162 e. The number of benzene rings is 3. The van der Waals surface area contributed by atoms with Crippen LogP contribution in [-0.4, -0.2) is 28.3 Å². The van der Waals surface area contributed by atoms with Gasteiger partial charge >= 0.3 is 0 Å². The molecule has 0 radical (unpaired) electrons. The lowest BCUT2D eigenvalue weighted by Gasteiger charge is -2.28. The average molecular weight is 507 g/mol. The van der Waals surface area contributed by atoms with Crippen LogP contribution in [0.25, 0.3) is 22.0 Å². The number of rotatable bonds is 6. The summed E-state index contributed by atoms with van der Waals surface area (Å²) < 4.78 is 15.7. The lowest BCUT2D eigenvalue weighted by Crippen LogP contribution is -2.32. The number of aromatic nitrogens is 1. The van der Waals surface area contributed by atoms with Gasteiger partial charge in [0.2, 0.25) is 0 Å². The number of nitrogens with zero attached hydrogens (tertiary/aromatic N) is 2. The molecule has 3 aromatic carbocycles. The van der Waals surface area contributed by atoms with E-state index in [0.29, 0.717) is 22.0 Å². The topological polar surface area (TPSA) is 25.2 Å². The van der Waals surface area contributed by atoms with Crippen LogP contribution in [0.2, 0.25) is 10.0 Å². The predicted octanol–water partition coefficient (Wildman–Crippen LogP) is 7.33. The first-order valence-corrected chi connectivity index (χ1v) is 12.9. The molecule has 0 unspecified atom stereocenters. The molecular formula is C29H25Cl2FN2O. The molecule has 1 aromatic heterocycles. The van der Waals surface area contributed by atoms with Crippen LogP contribution >= 0.6 is 23.2 Å². The Balaban J connectivity index is 1.23. The van der Waals surface area contributed by atoms with Gasteiger partial charge in [0.05, 0.1) is 5.52 Å². The minimum atomic E-state index is -0.317. The predicted molar refractivity (Wildman–Crippen MR) is 140 cm³/mol. The first-order chi connectivity index (χ1) is 17.0. The van der Waals surface area contributed by atoms with E-state index in [4.69, 9.17) is 23.2 Å². The van der Waals surface area contributed by atoms with Crippen molar-refractivity contribution in [2.45, 2.75) is 38.8 Å². The Bertz CT molecular complexity index is 1460. The second-order valence-electron chi connectivity index (χ2n) is 9.54. The molecule has 2 aliphatic heterocycles. The quantitative estimate of drug-likeness (QED) is 0.255. The van der Waals surface area contributed by atoms with Crippen LogP contribution in [-0.2, 0) is 25.9 Å². The molecule has 0 aliphatic carbocycles. The Morgan fingerprint density at radius 3 is 2.60 bits per heavy atom. The van der Waals surface area contributed by atoms with E-state index >= 15 is 0 Å². The highest BCUT2D eigenvalue weighted by Crippen LogP contribution is 2.41. The summed E-state index contributed by atoms with van der Waals surface area (Å²) in [6.45, 7) is 3.79. The second-order valence-corrected chi connectivity index (χ2v) is 10.4. The standard InChI is InChI=1S/C29H25Cl2FN2O/c30-21-5-8-23(26(31)16-21)20-14-19-9-13-34-27-10-12-33(17-25(27)24(15-20)29(19)34)11-1-2-28(35)18-3-6-22(32)7-4-18/h3-8,14-16H,1-2,9-13,17H2. The van der Waals surface area contributed by atoms with Gasteiger partial charge < -0.3 is 4.57 Å². The van der Waals surface area contributed by atoms with Gasteiger partial charge in [0.15, 0.2) is 5.78 Å². The maximum atomic E-state index is 13.1. The third-order valence-corrected chi connectivity index (χ3v) is 7.94. The molecule has 4 aromatic rings. The van der Waals surface area contributed by atoms with Gasteiger partial charge in [-0.15, -0.1) is 0 Å². The van der Waals surface area contributed by atoms with Crippen LogP contribution in [0.3, 0.4) is 0 Å². The third kappa shape index (κ3) is 4.18. The first kappa shape index (κ1) is 22.8. The number of hydrogen-bond acceptors (Lipinski definition) is 2. The van der Waals surface area contributed by atoms with Crippen molar-refractivity contribution in [3.63, 3.8) is 0 Å². The van der Waals surface area contributed by atoms with Crippen LogP contribution in [0.1, 0.15) is 40.0 Å². The van der Waals surface area contributed by atoms with E-state index in [9.17, 15) is 9.18 Å². The van der Waals surface area contributed by atoms with Gasteiger partial charge in [0.1, 0.15) is 5.82 Å².